The first-order valence-electron chi connectivity index (χ1n) is 6.03. The average molecular weight is 326 g/mol. The van der Waals surface area contributed by atoms with Crippen molar-refractivity contribution in [3.8, 4) is 11.5 Å². The van der Waals surface area contributed by atoms with Gasteiger partial charge in [-0.25, -0.2) is 0 Å². The molecule has 2 rings (SSSR count). The molecule has 0 saturated heterocycles. The van der Waals surface area contributed by atoms with Gasteiger partial charge in [0.05, 0.1) is 30.0 Å². The van der Waals surface area contributed by atoms with Gasteiger partial charge in [-0.05, 0) is 30.3 Å². The molecule has 6 heteroatoms. The summed E-state index contributed by atoms with van der Waals surface area (Å²) in [5.41, 5.74) is 0.941. The van der Waals surface area contributed by atoms with Crippen LogP contribution in [0.4, 0.5) is 5.69 Å². The predicted molar refractivity (Wildman–Crippen MR) is 84.0 cm³/mol. The largest absolute Gasteiger partial charge is 0.497 e. The van der Waals surface area contributed by atoms with Crippen molar-refractivity contribution in [3.05, 3.63) is 52.0 Å². The zero-order valence-electron chi connectivity index (χ0n) is 11.4. The molecule has 0 heterocycles. The van der Waals surface area contributed by atoms with Crippen molar-refractivity contribution in [1.82, 2.24) is 0 Å². The summed E-state index contributed by atoms with van der Waals surface area (Å²) in [6.07, 6.45) is 0. The molecule has 110 valence electrons. The van der Waals surface area contributed by atoms with Gasteiger partial charge in [0.1, 0.15) is 11.5 Å². The monoisotopic (exact) mass is 325 g/mol. The second-order valence-corrected chi connectivity index (χ2v) is 4.96. The second-order valence-electron chi connectivity index (χ2n) is 4.15. The third-order valence-electron chi connectivity index (χ3n) is 2.84. The van der Waals surface area contributed by atoms with Crippen molar-refractivity contribution in [2.75, 3.05) is 19.5 Å². The molecular weight excluding hydrogens is 313 g/mol. The highest BCUT2D eigenvalue weighted by Gasteiger charge is 2.12. The minimum atomic E-state index is -0.308. The van der Waals surface area contributed by atoms with E-state index in [4.69, 9.17) is 32.7 Å². The standard InChI is InChI=1S/C15H13Cl2NO3/c1-20-10-4-6-13(14(8-10)21-2)18-15(19)9-3-5-11(16)12(17)7-9/h3-8H,1-2H3,(H,18,19). The van der Waals surface area contributed by atoms with E-state index >= 15 is 0 Å². The Morgan fingerprint density at radius 3 is 2.38 bits per heavy atom. The lowest BCUT2D eigenvalue weighted by atomic mass is 10.2. The Morgan fingerprint density at radius 2 is 1.76 bits per heavy atom. The fraction of sp³-hybridized carbons (Fsp3) is 0.133. The van der Waals surface area contributed by atoms with E-state index in [1.807, 2.05) is 0 Å². The molecule has 21 heavy (non-hydrogen) atoms. The molecule has 0 aliphatic carbocycles. The van der Waals surface area contributed by atoms with Gasteiger partial charge >= 0.3 is 0 Å². The van der Waals surface area contributed by atoms with E-state index in [0.717, 1.165) is 0 Å². The van der Waals surface area contributed by atoms with E-state index in [1.54, 1.807) is 37.4 Å². The summed E-state index contributed by atoms with van der Waals surface area (Å²) in [5.74, 6) is 0.833. The molecule has 0 radical (unpaired) electrons. The lowest BCUT2D eigenvalue weighted by Crippen LogP contribution is -2.12. The minimum absolute atomic E-state index is 0.308. The second kappa shape index (κ2) is 6.70. The van der Waals surface area contributed by atoms with Crippen LogP contribution in [-0.2, 0) is 0 Å². The number of methoxy groups -OCH3 is 2. The maximum Gasteiger partial charge on any atom is 0.255 e. The third kappa shape index (κ3) is 3.60. The number of hydrogen-bond acceptors (Lipinski definition) is 3. The zero-order valence-corrected chi connectivity index (χ0v) is 13.0. The van der Waals surface area contributed by atoms with E-state index in [9.17, 15) is 4.79 Å². The molecule has 0 bridgehead atoms. The van der Waals surface area contributed by atoms with E-state index < -0.39 is 0 Å². The van der Waals surface area contributed by atoms with Gasteiger partial charge in [0, 0.05) is 11.6 Å². The first-order valence-corrected chi connectivity index (χ1v) is 6.79. The fourth-order valence-corrected chi connectivity index (χ4v) is 2.03. The lowest BCUT2D eigenvalue weighted by Gasteiger charge is -2.12. The highest BCUT2D eigenvalue weighted by molar-refractivity contribution is 6.42. The summed E-state index contributed by atoms with van der Waals surface area (Å²) in [6, 6.07) is 9.79. The van der Waals surface area contributed by atoms with Crippen LogP contribution < -0.4 is 14.8 Å². The van der Waals surface area contributed by atoms with E-state index in [0.29, 0.717) is 32.8 Å². The summed E-state index contributed by atoms with van der Waals surface area (Å²) in [4.78, 5) is 12.2. The molecule has 0 atom stereocenters. The Kier molecular flexibility index (Phi) is 4.94. The number of benzene rings is 2. The Balaban J connectivity index is 2.24. The van der Waals surface area contributed by atoms with Gasteiger partial charge in [0.2, 0.25) is 0 Å². The number of nitrogens with one attached hydrogen (secondary N) is 1. The van der Waals surface area contributed by atoms with Crippen molar-refractivity contribution < 1.29 is 14.3 Å². The van der Waals surface area contributed by atoms with E-state index in [2.05, 4.69) is 5.32 Å². The van der Waals surface area contributed by atoms with Crippen molar-refractivity contribution in [1.29, 1.82) is 0 Å². The Hall–Kier alpha value is -1.91. The molecule has 0 saturated carbocycles. The first kappa shape index (κ1) is 15.5. The molecule has 0 fully saturated rings. The maximum atomic E-state index is 12.2. The quantitative estimate of drug-likeness (QED) is 0.913. The highest BCUT2D eigenvalue weighted by Crippen LogP contribution is 2.30. The fourth-order valence-electron chi connectivity index (χ4n) is 1.73. The predicted octanol–water partition coefficient (Wildman–Crippen LogP) is 4.26. The van der Waals surface area contributed by atoms with Crippen molar-refractivity contribution in [2.24, 2.45) is 0 Å². The number of carbonyl (C=O) groups is 1. The van der Waals surface area contributed by atoms with Crippen LogP contribution in [0, 0.1) is 0 Å². The van der Waals surface area contributed by atoms with Crippen molar-refractivity contribution in [3.63, 3.8) is 0 Å². The number of ether oxygens (including phenoxy) is 2. The lowest BCUT2D eigenvalue weighted by molar-refractivity contribution is 0.102. The van der Waals surface area contributed by atoms with Crippen LogP contribution in [0.1, 0.15) is 10.4 Å². The third-order valence-corrected chi connectivity index (χ3v) is 3.58. The summed E-state index contributed by atoms with van der Waals surface area (Å²) in [5, 5.41) is 3.48. The minimum Gasteiger partial charge on any atom is -0.497 e. The Labute approximate surface area is 132 Å². The Morgan fingerprint density at radius 1 is 1.00 bits per heavy atom. The smallest absolute Gasteiger partial charge is 0.255 e. The van der Waals surface area contributed by atoms with Gasteiger partial charge < -0.3 is 14.8 Å². The van der Waals surface area contributed by atoms with Gasteiger partial charge in [-0.15, -0.1) is 0 Å². The number of anilines is 1. The highest BCUT2D eigenvalue weighted by atomic mass is 35.5. The van der Waals surface area contributed by atoms with Crippen LogP contribution in [0.25, 0.3) is 0 Å². The van der Waals surface area contributed by atoms with Crippen molar-refractivity contribution >= 4 is 34.8 Å². The summed E-state index contributed by atoms with van der Waals surface area (Å²) < 4.78 is 10.3. The van der Waals surface area contributed by atoms with Crippen LogP contribution in [-0.4, -0.2) is 20.1 Å². The maximum absolute atomic E-state index is 12.2. The molecule has 1 amide bonds. The van der Waals surface area contributed by atoms with Gasteiger partial charge in [-0.1, -0.05) is 23.2 Å². The molecular formula is C15H13Cl2NO3. The molecule has 0 unspecified atom stereocenters. The van der Waals surface area contributed by atoms with Gasteiger partial charge in [-0.3, -0.25) is 4.79 Å². The number of rotatable bonds is 4. The van der Waals surface area contributed by atoms with Crippen LogP contribution >= 0.6 is 23.2 Å². The normalized spacial score (nSPS) is 10.1. The Bertz CT molecular complexity index is 674. The zero-order chi connectivity index (χ0) is 15.4. The van der Waals surface area contributed by atoms with Gasteiger partial charge in [0.15, 0.2) is 0 Å². The van der Waals surface area contributed by atoms with E-state index in [1.165, 1.54) is 13.2 Å². The van der Waals surface area contributed by atoms with Gasteiger partial charge in [0.25, 0.3) is 5.91 Å². The molecule has 1 N–H and O–H groups in total. The van der Waals surface area contributed by atoms with E-state index in [-0.39, 0.29) is 5.91 Å². The van der Waals surface area contributed by atoms with Crippen LogP contribution in [0.3, 0.4) is 0 Å². The number of halogens is 2. The molecule has 2 aromatic carbocycles. The topological polar surface area (TPSA) is 47.6 Å². The molecule has 0 spiro atoms. The molecule has 0 aliphatic heterocycles. The number of carbonyl (C=O) groups excluding carboxylic acids is 1. The average Bonchev–Trinajstić information content (AvgIpc) is 2.50. The van der Waals surface area contributed by atoms with Crippen LogP contribution in [0.2, 0.25) is 10.0 Å². The molecule has 4 nitrogen and oxygen atoms in total. The van der Waals surface area contributed by atoms with Gasteiger partial charge in [-0.2, -0.15) is 0 Å². The SMILES string of the molecule is COc1ccc(NC(=O)c2ccc(Cl)c(Cl)c2)c(OC)c1. The summed E-state index contributed by atoms with van der Waals surface area (Å²) >= 11 is 11.7. The van der Waals surface area contributed by atoms with Crippen LogP contribution in [0.15, 0.2) is 36.4 Å². The number of hydrogen-bond donors (Lipinski definition) is 1. The molecule has 2 aromatic rings. The van der Waals surface area contributed by atoms with Crippen molar-refractivity contribution in [2.45, 2.75) is 0 Å². The first-order chi connectivity index (χ1) is 10.0. The summed E-state index contributed by atoms with van der Waals surface area (Å²) in [7, 11) is 3.08. The van der Waals surface area contributed by atoms with Crippen LogP contribution in [0.5, 0.6) is 11.5 Å². The molecule has 0 aliphatic rings. The number of amides is 1. The molecule has 0 aromatic heterocycles. The summed E-state index contributed by atoms with van der Waals surface area (Å²) in [6.45, 7) is 0.